The van der Waals surface area contributed by atoms with Gasteiger partial charge < -0.3 is 10.4 Å². The lowest BCUT2D eigenvalue weighted by Gasteiger charge is -2.21. The molecule has 1 aromatic carbocycles. The number of nitrogens with zero attached hydrogens (tertiary/aromatic N) is 1. The third kappa shape index (κ3) is 2.84. The maximum Gasteiger partial charge on any atom is 0.325 e. The number of hydrogen-bond donors (Lipinski definition) is 3. The summed E-state index contributed by atoms with van der Waals surface area (Å²) < 4.78 is 26.2. The van der Waals surface area contributed by atoms with Crippen LogP contribution in [0.4, 0.5) is 5.69 Å². The number of aliphatic imine (C=N–C) groups is 1. The van der Waals surface area contributed by atoms with Crippen LogP contribution in [0.5, 0.6) is 0 Å². The Morgan fingerprint density at radius 2 is 2.16 bits per heavy atom. The fourth-order valence-corrected chi connectivity index (χ4v) is 2.86. The summed E-state index contributed by atoms with van der Waals surface area (Å²) >= 11 is 0. The van der Waals surface area contributed by atoms with Crippen LogP contribution in [0.15, 0.2) is 28.1 Å². The smallest absolute Gasteiger partial charge is 0.325 e. The zero-order chi connectivity index (χ0) is 14.0. The molecular weight excluding hydrogens is 270 g/mol. The molecule has 19 heavy (non-hydrogen) atoms. The van der Waals surface area contributed by atoms with Gasteiger partial charge in [-0.05, 0) is 24.1 Å². The molecule has 0 aliphatic carbocycles. The molecule has 0 aromatic heterocycles. The number of benzene rings is 1. The van der Waals surface area contributed by atoms with Crippen LogP contribution in [0.3, 0.4) is 0 Å². The van der Waals surface area contributed by atoms with E-state index in [1.807, 2.05) is 13.0 Å². The largest absolute Gasteiger partial charge is 0.480 e. The van der Waals surface area contributed by atoms with Crippen molar-refractivity contribution in [3.63, 3.8) is 0 Å². The highest BCUT2D eigenvalue weighted by Crippen LogP contribution is 2.25. The summed E-state index contributed by atoms with van der Waals surface area (Å²) in [6.07, 6.45) is 0.725. The first-order chi connectivity index (χ1) is 8.92. The number of sulfonamides is 1. The predicted octanol–water partition coefficient (Wildman–Crippen LogP) is 0.393. The van der Waals surface area contributed by atoms with E-state index in [-0.39, 0.29) is 10.9 Å². The lowest BCUT2D eigenvalue weighted by atomic mass is 10.1. The predicted molar refractivity (Wildman–Crippen MR) is 69.7 cm³/mol. The van der Waals surface area contributed by atoms with E-state index in [0.29, 0.717) is 5.69 Å². The van der Waals surface area contributed by atoms with Gasteiger partial charge in [-0.2, -0.15) is 0 Å². The normalized spacial score (nSPS) is 18.3. The molecule has 0 bridgehead atoms. The highest BCUT2D eigenvalue weighted by atomic mass is 32.2. The molecule has 7 nitrogen and oxygen atoms in total. The van der Waals surface area contributed by atoms with Crippen LogP contribution in [-0.2, 0) is 21.2 Å². The van der Waals surface area contributed by atoms with E-state index in [4.69, 9.17) is 5.11 Å². The lowest BCUT2D eigenvalue weighted by Crippen LogP contribution is -2.41. The van der Waals surface area contributed by atoms with E-state index in [2.05, 4.69) is 15.0 Å². The van der Waals surface area contributed by atoms with Gasteiger partial charge >= 0.3 is 5.97 Å². The number of rotatable bonds is 3. The lowest BCUT2D eigenvalue weighted by molar-refractivity contribution is -0.135. The third-order valence-corrected chi connectivity index (χ3v) is 3.98. The van der Waals surface area contributed by atoms with Crippen molar-refractivity contribution in [3.05, 3.63) is 23.8 Å². The zero-order valence-electron chi connectivity index (χ0n) is 10.2. The van der Waals surface area contributed by atoms with E-state index >= 15 is 0 Å². The van der Waals surface area contributed by atoms with Crippen LogP contribution in [0.25, 0.3) is 0 Å². The highest BCUT2D eigenvalue weighted by Gasteiger charge is 2.26. The van der Waals surface area contributed by atoms with E-state index in [9.17, 15) is 13.2 Å². The molecule has 0 spiro atoms. The van der Waals surface area contributed by atoms with Gasteiger partial charge in [0.2, 0.25) is 5.96 Å². The summed E-state index contributed by atoms with van der Waals surface area (Å²) in [5.74, 6) is -1.22. The van der Waals surface area contributed by atoms with E-state index in [1.165, 1.54) is 0 Å². The van der Waals surface area contributed by atoms with Crippen LogP contribution >= 0.6 is 0 Å². The maximum atomic E-state index is 12.0. The van der Waals surface area contributed by atoms with Crippen LogP contribution in [0, 0.1) is 0 Å². The van der Waals surface area contributed by atoms with Crippen molar-refractivity contribution in [1.29, 1.82) is 0 Å². The average molecular weight is 283 g/mol. The molecule has 0 atom stereocenters. The SMILES string of the molecule is CCc1ccc2c(c1)S(=O)(=O)NC(=NCC(=O)O)N2. The quantitative estimate of drug-likeness (QED) is 0.744. The number of carboxylic acid groups (broad SMARTS) is 1. The van der Waals surface area contributed by atoms with Crippen molar-refractivity contribution >= 4 is 27.6 Å². The number of aryl methyl sites for hydroxylation is 1. The number of aliphatic carboxylic acids is 1. The Hall–Kier alpha value is -2.09. The van der Waals surface area contributed by atoms with Crippen molar-refractivity contribution < 1.29 is 18.3 Å². The van der Waals surface area contributed by atoms with Crippen LogP contribution in [0.1, 0.15) is 12.5 Å². The number of carboxylic acids is 1. The van der Waals surface area contributed by atoms with E-state index in [0.717, 1.165) is 12.0 Å². The number of fused-ring (bicyclic) bond motifs is 1. The molecule has 1 aromatic rings. The second kappa shape index (κ2) is 4.88. The molecular formula is C11H13N3O4S. The fraction of sp³-hybridized carbons (Fsp3) is 0.273. The molecule has 1 aliphatic heterocycles. The molecule has 0 amide bonds. The molecule has 0 fully saturated rings. The number of nitrogens with one attached hydrogen (secondary N) is 2. The first-order valence-corrected chi connectivity index (χ1v) is 7.09. The Kier molecular flexibility index (Phi) is 3.43. The van der Waals surface area contributed by atoms with Gasteiger partial charge in [0, 0.05) is 0 Å². The number of guanidine groups is 1. The second-order valence-electron chi connectivity index (χ2n) is 3.97. The van der Waals surface area contributed by atoms with Gasteiger partial charge in [-0.25, -0.2) is 18.1 Å². The zero-order valence-corrected chi connectivity index (χ0v) is 11.0. The average Bonchev–Trinajstić information content (AvgIpc) is 2.35. The van der Waals surface area contributed by atoms with Gasteiger partial charge in [0.25, 0.3) is 10.0 Å². The summed E-state index contributed by atoms with van der Waals surface area (Å²) in [4.78, 5) is 14.2. The third-order valence-electron chi connectivity index (χ3n) is 2.60. The van der Waals surface area contributed by atoms with Crippen molar-refractivity contribution in [2.45, 2.75) is 18.2 Å². The summed E-state index contributed by atoms with van der Waals surface area (Å²) in [7, 11) is -3.71. The molecule has 3 N–H and O–H groups in total. The van der Waals surface area contributed by atoms with Crippen molar-refractivity contribution in [2.75, 3.05) is 11.9 Å². The minimum absolute atomic E-state index is 0.0841. The Balaban J connectivity index is 2.41. The first-order valence-electron chi connectivity index (χ1n) is 5.61. The summed E-state index contributed by atoms with van der Waals surface area (Å²) in [5, 5.41) is 11.3. The van der Waals surface area contributed by atoms with Crippen LogP contribution in [-0.4, -0.2) is 32.0 Å². The van der Waals surface area contributed by atoms with Crippen molar-refractivity contribution in [2.24, 2.45) is 4.99 Å². The Morgan fingerprint density at radius 3 is 2.79 bits per heavy atom. The summed E-state index contributed by atoms with van der Waals surface area (Å²) in [5.41, 5.74) is 1.29. The Labute approximate surface area is 110 Å². The second-order valence-corrected chi connectivity index (χ2v) is 5.62. The van der Waals surface area contributed by atoms with Gasteiger partial charge in [-0.15, -0.1) is 0 Å². The van der Waals surface area contributed by atoms with Crippen molar-refractivity contribution in [1.82, 2.24) is 4.72 Å². The number of anilines is 1. The molecule has 8 heteroatoms. The van der Waals surface area contributed by atoms with Gasteiger partial charge in [-0.3, -0.25) is 4.79 Å². The monoisotopic (exact) mass is 283 g/mol. The number of carbonyl (C=O) groups is 1. The minimum Gasteiger partial charge on any atom is -0.480 e. The fourth-order valence-electron chi connectivity index (χ4n) is 1.67. The molecule has 0 saturated heterocycles. The van der Waals surface area contributed by atoms with E-state index in [1.54, 1.807) is 12.1 Å². The molecule has 1 heterocycles. The van der Waals surface area contributed by atoms with Crippen molar-refractivity contribution in [3.8, 4) is 0 Å². The maximum absolute atomic E-state index is 12.0. The topological polar surface area (TPSA) is 108 Å². The first kappa shape index (κ1) is 13.3. The molecule has 0 unspecified atom stereocenters. The van der Waals surface area contributed by atoms with Gasteiger partial charge in [0.1, 0.15) is 11.4 Å². The summed E-state index contributed by atoms with van der Waals surface area (Å²) in [6, 6.07) is 5.03. The number of hydrogen-bond acceptors (Lipinski definition) is 4. The molecule has 0 saturated carbocycles. The van der Waals surface area contributed by atoms with Gasteiger partial charge in [0.15, 0.2) is 0 Å². The molecule has 1 aliphatic rings. The van der Waals surface area contributed by atoms with Gasteiger partial charge in [-0.1, -0.05) is 13.0 Å². The summed E-state index contributed by atoms with van der Waals surface area (Å²) in [6.45, 7) is 1.42. The molecule has 2 rings (SSSR count). The van der Waals surface area contributed by atoms with Crippen LogP contribution < -0.4 is 10.0 Å². The van der Waals surface area contributed by atoms with Crippen LogP contribution in [0.2, 0.25) is 0 Å². The Bertz CT molecular complexity index is 652. The Morgan fingerprint density at radius 1 is 1.42 bits per heavy atom. The minimum atomic E-state index is -3.71. The molecule has 0 radical (unpaired) electrons. The van der Waals surface area contributed by atoms with E-state index < -0.39 is 22.5 Å². The standard InChI is InChI=1S/C11H13N3O4S/c1-2-7-3-4-8-9(5-7)19(17,18)14-11(13-8)12-6-10(15)16/h3-5H,2,6H2,1H3,(H,15,16)(H2,12,13,14). The van der Waals surface area contributed by atoms with Gasteiger partial charge in [0.05, 0.1) is 5.69 Å². The molecule has 102 valence electrons. The highest BCUT2D eigenvalue weighted by molar-refractivity contribution is 7.90.